The van der Waals surface area contributed by atoms with Gasteiger partial charge in [-0.3, -0.25) is 9.78 Å². The Morgan fingerprint density at radius 1 is 1.08 bits per heavy atom. The van der Waals surface area contributed by atoms with Gasteiger partial charge in [0.1, 0.15) is 5.82 Å². The van der Waals surface area contributed by atoms with Crippen molar-refractivity contribution >= 4 is 23.2 Å². The van der Waals surface area contributed by atoms with Crippen molar-refractivity contribution in [1.29, 1.82) is 0 Å². The fourth-order valence-electron chi connectivity index (χ4n) is 5.32. The third kappa shape index (κ3) is 5.00. The molecule has 0 radical (unpaired) electrons. The first-order valence-electron chi connectivity index (χ1n) is 12.9. The molecule has 0 bridgehead atoms. The van der Waals surface area contributed by atoms with Gasteiger partial charge in [0, 0.05) is 35.9 Å². The van der Waals surface area contributed by atoms with Crippen LogP contribution in [-0.2, 0) is 14.3 Å². The fourth-order valence-corrected chi connectivity index (χ4v) is 5.32. The Labute approximate surface area is 225 Å². The predicted octanol–water partition coefficient (Wildman–Crippen LogP) is 4.39. The zero-order chi connectivity index (χ0) is 27.6. The second kappa shape index (κ2) is 10.9. The second-order valence-corrected chi connectivity index (χ2v) is 9.82. The monoisotopic (exact) mass is 529 g/mol. The number of carbonyl (C=O) groups is 2. The highest BCUT2D eigenvalue weighted by Crippen LogP contribution is 2.42. The maximum atomic E-state index is 12.7. The molecule has 3 N–H and O–H groups in total. The molecule has 5 rings (SSSR count). The Hall–Kier alpha value is -4.15. The summed E-state index contributed by atoms with van der Waals surface area (Å²) in [4.78, 5) is 34.4. The van der Waals surface area contributed by atoms with Gasteiger partial charge in [-0.2, -0.15) is 9.61 Å². The Morgan fingerprint density at radius 3 is 2.44 bits per heavy atom. The number of pyridine rings is 1. The van der Waals surface area contributed by atoms with E-state index in [2.05, 4.69) is 10.1 Å². The first-order valence-corrected chi connectivity index (χ1v) is 12.9. The van der Waals surface area contributed by atoms with Gasteiger partial charge in [0.25, 0.3) is 0 Å². The smallest absolute Gasteiger partial charge is 0.335 e. The normalized spacial score (nSPS) is 19.3. The van der Waals surface area contributed by atoms with E-state index in [1.807, 2.05) is 42.5 Å². The van der Waals surface area contributed by atoms with Crippen LogP contribution in [0, 0.1) is 0 Å². The number of aliphatic carboxylic acids is 1. The number of anilines is 1. The summed E-state index contributed by atoms with van der Waals surface area (Å²) in [5, 5.41) is 14.4. The number of methoxy groups -OCH3 is 1. The highest BCUT2D eigenvalue weighted by molar-refractivity contribution is 6.00. The maximum absolute atomic E-state index is 12.7. The number of nitrogens with zero attached hydrogens (tertiary/aromatic N) is 4. The number of rotatable bonds is 9. The van der Waals surface area contributed by atoms with Crippen LogP contribution in [0.5, 0.6) is 0 Å². The lowest BCUT2D eigenvalue weighted by atomic mass is 9.76. The number of carbonyl (C=O) groups excluding carboxylic acids is 1. The van der Waals surface area contributed by atoms with Crippen molar-refractivity contribution in [3.05, 3.63) is 66.1 Å². The van der Waals surface area contributed by atoms with Gasteiger partial charge < -0.3 is 20.3 Å². The van der Waals surface area contributed by atoms with E-state index < -0.39 is 11.6 Å². The first-order chi connectivity index (χ1) is 18.8. The van der Waals surface area contributed by atoms with Gasteiger partial charge in [-0.25, -0.2) is 9.78 Å². The highest BCUT2D eigenvalue weighted by atomic mass is 16.5. The Balaban J connectivity index is 1.50. The molecular weight excluding hydrogens is 498 g/mol. The number of Topliss-reactive ketones (excluding diaryl/α,β-unsaturated/α-hetero) is 1. The van der Waals surface area contributed by atoms with Crippen LogP contribution < -0.4 is 5.73 Å². The molecule has 0 saturated heterocycles. The molecule has 0 unspecified atom stereocenters. The van der Waals surface area contributed by atoms with Gasteiger partial charge in [0.2, 0.25) is 0 Å². The van der Waals surface area contributed by atoms with Gasteiger partial charge in [-0.05, 0) is 38.7 Å². The molecule has 1 fully saturated rings. The number of aromatic nitrogens is 4. The van der Waals surface area contributed by atoms with E-state index in [1.54, 1.807) is 19.5 Å². The number of carboxylic acid groups (broad SMARTS) is 1. The minimum Gasteiger partial charge on any atom is -0.479 e. The summed E-state index contributed by atoms with van der Waals surface area (Å²) in [5.74, 6) is -1.14. The first kappa shape index (κ1) is 26.5. The molecule has 0 aliphatic heterocycles. The van der Waals surface area contributed by atoms with Crippen molar-refractivity contribution in [2.24, 2.45) is 0 Å². The molecule has 0 amide bonds. The number of nitrogen functional groups attached to an aromatic ring is 1. The molecule has 3 aromatic heterocycles. The average Bonchev–Trinajstić information content (AvgIpc) is 3.38. The Morgan fingerprint density at radius 2 is 1.82 bits per heavy atom. The van der Waals surface area contributed by atoms with E-state index in [4.69, 9.17) is 20.2 Å². The molecule has 39 heavy (non-hydrogen) atoms. The number of fused-ring (bicyclic) bond motifs is 1. The topological polar surface area (TPSA) is 142 Å². The van der Waals surface area contributed by atoms with E-state index >= 15 is 0 Å². The van der Waals surface area contributed by atoms with Crippen LogP contribution in [0.25, 0.3) is 28.0 Å². The van der Waals surface area contributed by atoms with E-state index in [0.29, 0.717) is 36.4 Å². The molecule has 10 nitrogen and oxygen atoms in total. The lowest BCUT2D eigenvalue weighted by Crippen LogP contribution is -2.45. The number of ketones is 1. The van der Waals surface area contributed by atoms with Crippen LogP contribution >= 0.6 is 0 Å². The summed E-state index contributed by atoms with van der Waals surface area (Å²) >= 11 is 0. The van der Waals surface area contributed by atoms with Crippen molar-refractivity contribution in [3.63, 3.8) is 0 Å². The summed E-state index contributed by atoms with van der Waals surface area (Å²) in [7, 11) is 1.54. The van der Waals surface area contributed by atoms with Crippen LogP contribution in [0.2, 0.25) is 0 Å². The summed E-state index contributed by atoms with van der Waals surface area (Å²) < 4.78 is 12.3. The van der Waals surface area contributed by atoms with Crippen LogP contribution in [0.15, 0.2) is 54.9 Å². The highest BCUT2D eigenvalue weighted by Gasteiger charge is 2.44. The lowest BCUT2D eigenvalue weighted by Gasteiger charge is -2.37. The Bertz CT molecular complexity index is 1490. The zero-order valence-corrected chi connectivity index (χ0v) is 22.0. The number of ether oxygens (including phenoxy) is 2. The largest absolute Gasteiger partial charge is 0.479 e. The summed E-state index contributed by atoms with van der Waals surface area (Å²) in [6, 6.07) is 13.8. The van der Waals surface area contributed by atoms with Gasteiger partial charge in [-0.15, -0.1) is 0 Å². The standard InChI is InChI=1S/C29H31N5O5/c1-18(35)24-25(20-10-12-29(13-11-20,28(36)37)39-15-14-38-2)33-27-22(17-32-34(27)26(24)30)21-8-9-23(31-16-21)19-6-4-3-5-7-19/h3-9,16-17,20H,10-15,30H2,1-2H3,(H,36,37). The van der Waals surface area contributed by atoms with Crippen LogP contribution in [-0.4, -0.2) is 62.4 Å². The van der Waals surface area contributed by atoms with Crippen molar-refractivity contribution < 1.29 is 24.2 Å². The zero-order valence-electron chi connectivity index (χ0n) is 22.0. The van der Waals surface area contributed by atoms with Gasteiger partial charge in [0.05, 0.1) is 36.4 Å². The van der Waals surface area contributed by atoms with Crippen LogP contribution in [0.4, 0.5) is 5.82 Å². The third-order valence-electron chi connectivity index (χ3n) is 7.44. The van der Waals surface area contributed by atoms with Gasteiger partial charge in [-0.1, -0.05) is 36.4 Å². The third-order valence-corrected chi connectivity index (χ3v) is 7.44. The number of carboxylic acids is 1. The molecule has 4 aromatic rings. The van der Waals surface area contributed by atoms with Crippen molar-refractivity contribution in [2.45, 2.75) is 44.1 Å². The lowest BCUT2D eigenvalue weighted by molar-refractivity contribution is -0.173. The van der Waals surface area contributed by atoms with E-state index in [9.17, 15) is 14.7 Å². The molecule has 0 atom stereocenters. The Kier molecular flexibility index (Phi) is 7.40. The fraction of sp³-hybridized carbons (Fsp3) is 0.345. The number of nitrogens with two attached hydrogens (primary N) is 1. The second-order valence-electron chi connectivity index (χ2n) is 9.82. The number of hydrogen-bond acceptors (Lipinski definition) is 8. The predicted molar refractivity (Wildman–Crippen MR) is 145 cm³/mol. The molecule has 10 heteroatoms. The number of benzene rings is 1. The molecule has 202 valence electrons. The van der Waals surface area contributed by atoms with Crippen LogP contribution in [0.3, 0.4) is 0 Å². The molecule has 1 aliphatic rings. The molecular formula is C29H31N5O5. The van der Waals surface area contributed by atoms with E-state index in [1.165, 1.54) is 11.4 Å². The minimum atomic E-state index is -1.28. The van der Waals surface area contributed by atoms with E-state index in [-0.39, 0.29) is 37.0 Å². The quantitative estimate of drug-likeness (QED) is 0.238. The maximum Gasteiger partial charge on any atom is 0.335 e. The molecule has 1 aliphatic carbocycles. The van der Waals surface area contributed by atoms with Gasteiger partial charge in [0.15, 0.2) is 17.0 Å². The van der Waals surface area contributed by atoms with Crippen molar-refractivity contribution in [2.75, 3.05) is 26.1 Å². The van der Waals surface area contributed by atoms with Gasteiger partial charge >= 0.3 is 5.97 Å². The molecule has 1 saturated carbocycles. The van der Waals surface area contributed by atoms with E-state index in [0.717, 1.165) is 22.4 Å². The summed E-state index contributed by atoms with van der Waals surface area (Å²) in [6.07, 6.45) is 4.99. The molecule has 3 heterocycles. The minimum absolute atomic E-state index is 0.156. The molecule has 1 aromatic carbocycles. The van der Waals surface area contributed by atoms with Crippen molar-refractivity contribution in [1.82, 2.24) is 19.6 Å². The summed E-state index contributed by atoms with van der Waals surface area (Å²) in [6.45, 7) is 1.96. The SMILES string of the molecule is COCCOC1(C(=O)O)CCC(c2nc3c(-c4ccc(-c5ccccc5)nc4)cnn3c(N)c2C(C)=O)CC1. The number of hydrogen-bond donors (Lipinski definition) is 2. The summed E-state index contributed by atoms with van der Waals surface area (Å²) in [5.41, 5.74) is 10.0. The molecule has 0 spiro atoms. The van der Waals surface area contributed by atoms with Crippen LogP contribution in [0.1, 0.15) is 54.6 Å². The van der Waals surface area contributed by atoms with Crippen molar-refractivity contribution in [3.8, 4) is 22.4 Å². The average molecular weight is 530 g/mol.